The molecule has 1 N–H and O–H groups in total. The second kappa shape index (κ2) is 5.23. The summed E-state index contributed by atoms with van der Waals surface area (Å²) in [5.74, 6) is 1.82. The Balaban J connectivity index is 2.43. The van der Waals surface area contributed by atoms with E-state index in [1.807, 2.05) is 31.2 Å². The van der Waals surface area contributed by atoms with Crippen molar-refractivity contribution in [3.8, 4) is 5.75 Å². The zero-order valence-corrected chi connectivity index (χ0v) is 12.8. The minimum Gasteiger partial charge on any atom is -0.508 e. The van der Waals surface area contributed by atoms with Gasteiger partial charge in [0.25, 0.3) is 0 Å². The number of aryl methyl sites for hydroxylation is 1. The predicted octanol–water partition coefficient (Wildman–Crippen LogP) is 4.23. The van der Waals surface area contributed by atoms with Crippen molar-refractivity contribution in [3.63, 3.8) is 0 Å². The van der Waals surface area contributed by atoms with Crippen molar-refractivity contribution in [2.75, 3.05) is 0 Å². The van der Waals surface area contributed by atoms with E-state index in [1.54, 1.807) is 12.1 Å². The molecule has 19 heavy (non-hydrogen) atoms. The van der Waals surface area contributed by atoms with Crippen LogP contribution in [0, 0.1) is 6.92 Å². The molecule has 0 amide bonds. The molecule has 2 rings (SSSR count). The van der Waals surface area contributed by atoms with Crippen molar-refractivity contribution in [2.45, 2.75) is 32.7 Å². The minimum atomic E-state index is -1.77. The van der Waals surface area contributed by atoms with Gasteiger partial charge >= 0.3 is 0 Å². The number of phenols is 1. The Morgan fingerprint density at radius 1 is 1.11 bits per heavy atom. The van der Waals surface area contributed by atoms with Crippen LogP contribution in [0.15, 0.2) is 40.8 Å². The SMILES string of the molecule is Cc1ccc(C(O[Si](C)(C)C)c2ccccc2O)o1. The molecule has 0 aliphatic carbocycles. The molecule has 0 spiro atoms. The van der Waals surface area contributed by atoms with Crippen LogP contribution < -0.4 is 0 Å². The Bertz CT molecular complexity index is 555. The maximum atomic E-state index is 10.0. The van der Waals surface area contributed by atoms with Gasteiger partial charge in [0.15, 0.2) is 8.32 Å². The highest BCUT2D eigenvalue weighted by Gasteiger charge is 2.27. The second-order valence-corrected chi connectivity index (χ2v) is 10.1. The third-order valence-corrected chi connectivity index (χ3v) is 3.65. The summed E-state index contributed by atoms with van der Waals surface area (Å²) in [6.45, 7) is 8.27. The molecule has 1 heterocycles. The average molecular weight is 276 g/mol. The zero-order valence-electron chi connectivity index (χ0n) is 11.8. The van der Waals surface area contributed by atoms with Crippen molar-refractivity contribution < 1.29 is 13.9 Å². The lowest BCUT2D eigenvalue weighted by Crippen LogP contribution is -2.28. The molecule has 4 heteroatoms. The van der Waals surface area contributed by atoms with E-state index in [0.717, 1.165) is 17.1 Å². The average Bonchev–Trinajstić information content (AvgIpc) is 2.72. The summed E-state index contributed by atoms with van der Waals surface area (Å²) in [5.41, 5.74) is 0.749. The highest BCUT2D eigenvalue weighted by molar-refractivity contribution is 6.69. The van der Waals surface area contributed by atoms with Crippen molar-refractivity contribution >= 4 is 8.32 Å². The van der Waals surface area contributed by atoms with Gasteiger partial charge in [0.05, 0.1) is 0 Å². The lowest BCUT2D eigenvalue weighted by molar-refractivity contribution is 0.201. The fourth-order valence-corrected chi connectivity index (χ4v) is 2.88. The van der Waals surface area contributed by atoms with E-state index in [1.165, 1.54) is 0 Å². The first kappa shape index (κ1) is 13.9. The molecule has 1 unspecified atom stereocenters. The lowest BCUT2D eigenvalue weighted by atomic mass is 10.1. The van der Waals surface area contributed by atoms with Gasteiger partial charge in [0.1, 0.15) is 23.4 Å². The summed E-state index contributed by atoms with van der Waals surface area (Å²) in [4.78, 5) is 0. The zero-order chi connectivity index (χ0) is 14.0. The van der Waals surface area contributed by atoms with Gasteiger partial charge in [-0.05, 0) is 44.8 Å². The Kier molecular flexibility index (Phi) is 3.82. The van der Waals surface area contributed by atoms with Crippen molar-refractivity contribution in [1.82, 2.24) is 0 Å². The first-order valence-corrected chi connectivity index (χ1v) is 9.80. The first-order valence-electron chi connectivity index (χ1n) is 6.39. The summed E-state index contributed by atoms with van der Waals surface area (Å²) >= 11 is 0. The quantitative estimate of drug-likeness (QED) is 0.850. The molecular formula is C15H20O3Si. The molecule has 1 aromatic carbocycles. The van der Waals surface area contributed by atoms with E-state index >= 15 is 0 Å². The monoisotopic (exact) mass is 276 g/mol. The molecule has 1 atom stereocenters. The number of aromatic hydroxyl groups is 1. The molecule has 0 aliphatic rings. The van der Waals surface area contributed by atoms with Crippen molar-refractivity contribution in [1.29, 1.82) is 0 Å². The fourth-order valence-electron chi connectivity index (χ4n) is 1.93. The molecule has 2 aromatic rings. The second-order valence-electron chi connectivity index (χ2n) is 5.62. The van der Waals surface area contributed by atoms with Gasteiger partial charge in [-0.1, -0.05) is 18.2 Å². The van der Waals surface area contributed by atoms with Gasteiger partial charge in [-0.15, -0.1) is 0 Å². The molecule has 0 saturated heterocycles. The smallest absolute Gasteiger partial charge is 0.185 e. The first-order chi connectivity index (χ1) is 8.87. The van der Waals surface area contributed by atoms with E-state index in [-0.39, 0.29) is 11.9 Å². The van der Waals surface area contributed by atoms with Crippen LogP contribution >= 0.6 is 0 Å². The summed E-state index contributed by atoms with van der Waals surface area (Å²) in [6, 6.07) is 11.1. The van der Waals surface area contributed by atoms with Crippen LogP contribution in [0.25, 0.3) is 0 Å². The Labute approximate surface area is 115 Å². The molecule has 0 fully saturated rings. The van der Waals surface area contributed by atoms with E-state index in [2.05, 4.69) is 19.6 Å². The number of hydrogen-bond acceptors (Lipinski definition) is 3. The largest absolute Gasteiger partial charge is 0.508 e. The van der Waals surface area contributed by atoms with Gasteiger partial charge in [-0.25, -0.2) is 0 Å². The van der Waals surface area contributed by atoms with Crippen LogP contribution in [0.4, 0.5) is 0 Å². The molecule has 0 aliphatic heterocycles. The topological polar surface area (TPSA) is 42.6 Å². The van der Waals surface area contributed by atoms with Gasteiger partial charge in [0, 0.05) is 5.56 Å². The highest BCUT2D eigenvalue weighted by atomic mass is 28.4. The van der Waals surface area contributed by atoms with Crippen molar-refractivity contribution in [3.05, 3.63) is 53.5 Å². The Hall–Kier alpha value is -1.52. The maximum absolute atomic E-state index is 10.0. The number of phenolic OH excluding ortho intramolecular Hbond substituents is 1. The number of benzene rings is 1. The van der Waals surface area contributed by atoms with Crippen LogP contribution in [0.1, 0.15) is 23.2 Å². The van der Waals surface area contributed by atoms with Gasteiger partial charge in [-0.2, -0.15) is 0 Å². The van der Waals surface area contributed by atoms with E-state index in [0.29, 0.717) is 0 Å². The number of hydrogen-bond donors (Lipinski definition) is 1. The van der Waals surface area contributed by atoms with Crippen LogP contribution in [0.3, 0.4) is 0 Å². The standard InChI is InChI=1S/C15H20O3Si/c1-11-9-10-14(17-11)15(18-19(2,3)4)12-7-5-6-8-13(12)16/h5-10,15-16H,1-4H3. The summed E-state index contributed by atoms with van der Waals surface area (Å²) in [6.07, 6.45) is -0.346. The third-order valence-electron chi connectivity index (χ3n) is 2.71. The summed E-state index contributed by atoms with van der Waals surface area (Å²) in [5, 5.41) is 10.0. The molecule has 0 bridgehead atoms. The predicted molar refractivity (Wildman–Crippen MR) is 77.8 cm³/mol. The van der Waals surface area contributed by atoms with Gasteiger partial charge < -0.3 is 13.9 Å². The number of para-hydroxylation sites is 1. The van der Waals surface area contributed by atoms with Crippen LogP contribution in [-0.4, -0.2) is 13.4 Å². The third kappa shape index (κ3) is 3.49. The van der Waals surface area contributed by atoms with E-state index < -0.39 is 8.32 Å². The van der Waals surface area contributed by atoms with Gasteiger partial charge in [0.2, 0.25) is 0 Å². The minimum absolute atomic E-state index is 0.236. The summed E-state index contributed by atoms with van der Waals surface area (Å²) < 4.78 is 11.9. The Morgan fingerprint density at radius 3 is 2.32 bits per heavy atom. The van der Waals surface area contributed by atoms with E-state index in [4.69, 9.17) is 8.84 Å². The molecule has 102 valence electrons. The summed E-state index contributed by atoms with van der Waals surface area (Å²) in [7, 11) is -1.77. The number of furan rings is 1. The van der Waals surface area contributed by atoms with Crippen molar-refractivity contribution in [2.24, 2.45) is 0 Å². The molecular weight excluding hydrogens is 256 g/mol. The molecule has 1 aromatic heterocycles. The van der Waals surface area contributed by atoms with Crippen LogP contribution in [-0.2, 0) is 4.43 Å². The molecule has 0 radical (unpaired) electrons. The highest BCUT2D eigenvalue weighted by Crippen LogP contribution is 2.35. The van der Waals surface area contributed by atoms with Crippen LogP contribution in [0.2, 0.25) is 19.6 Å². The maximum Gasteiger partial charge on any atom is 0.185 e. The number of rotatable bonds is 4. The fraction of sp³-hybridized carbons (Fsp3) is 0.333. The molecule has 0 saturated carbocycles. The van der Waals surface area contributed by atoms with Crippen LogP contribution in [0.5, 0.6) is 5.75 Å². The van der Waals surface area contributed by atoms with Gasteiger partial charge in [-0.3, -0.25) is 0 Å². The molecule has 3 nitrogen and oxygen atoms in total. The lowest BCUT2D eigenvalue weighted by Gasteiger charge is -2.25. The van der Waals surface area contributed by atoms with E-state index in [9.17, 15) is 5.11 Å². The normalized spacial score (nSPS) is 13.5. The Morgan fingerprint density at radius 2 is 1.79 bits per heavy atom.